The third kappa shape index (κ3) is 2.64. The number of hydrogen-bond acceptors (Lipinski definition) is 6. The van der Waals surface area contributed by atoms with E-state index in [9.17, 15) is 14.9 Å². The van der Waals surface area contributed by atoms with Crippen LogP contribution in [0.3, 0.4) is 0 Å². The van der Waals surface area contributed by atoms with Gasteiger partial charge in [0.05, 0.1) is 24.6 Å². The largest absolute Gasteiger partial charge is 0.493 e. The van der Waals surface area contributed by atoms with Gasteiger partial charge in [0.2, 0.25) is 0 Å². The minimum absolute atomic E-state index is 0.333. The van der Waals surface area contributed by atoms with Gasteiger partial charge in [0.15, 0.2) is 17.0 Å². The van der Waals surface area contributed by atoms with E-state index >= 15 is 0 Å². The van der Waals surface area contributed by atoms with E-state index in [4.69, 9.17) is 9.47 Å². The van der Waals surface area contributed by atoms with Crippen molar-refractivity contribution in [2.45, 2.75) is 17.5 Å². The first kappa shape index (κ1) is 19.7. The van der Waals surface area contributed by atoms with E-state index in [1.807, 2.05) is 0 Å². The first-order valence-corrected chi connectivity index (χ1v) is 9.82. The van der Waals surface area contributed by atoms with Crippen LogP contribution in [0.25, 0.3) is 0 Å². The highest BCUT2D eigenvalue weighted by atomic mass is 79.9. The fourth-order valence-corrected chi connectivity index (χ4v) is 5.35. The molecule has 0 bridgehead atoms. The predicted octanol–water partition coefficient (Wildman–Crippen LogP) is 2.99. The molecule has 2 heterocycles. The number of rotatable bonds is 4. The van der Waals surface area contributed by atoms with Gasteiger partial charge in [-0.1, -0.05) is 18.2 Å². The van der Waals surface area contributed by atoms with Gasteiger partial charge in [-0.15, -0.1) is 0 Å². The highest BCUT2D eigenvalue weighted by Crippen LogP contribution is 2.53. The molecule has 2 aliphatic heterocycles. The molecule has 1 saturated heterocycles. The minimum atomic E-state index is -1.37. The first-order chi connectivity index (χ1) is 13.9. The molecule has 0 aromatic heterocycles. The fourth-order valence-electron chi connectivity index (χ4n) is 4.73. The van der Waals surface area contributed by atoms with Crippen LogP contribution in [0.2, 0.25) is 0 Å². The summed E-state index contributed by atoms with van der Waals surface area (Å²) in [6.45, 7) is 0.343. The Balaban J connectivity index is 1.90. The Morgan fingerprint density at radius 2 is 2.00 bits per heavy atom. The Kier molecular flexibility index (Phi) is 4.74. The molecule has 29 heavy (non-hydrogen) atoms. The molecule has 0 radical (unpaired) electrons. The van der Waals surface area contributed by atoms with Crippen LogP contribution in [0.1, 0.15) is 17.0 Å². The van der Waals surface area contributed by atoms with Crippen LogP contribution < -0.4 is 14.8 Å². The molecule has 1 fully saturated rings. The number of anilines is 1. The molecule has 2 aliphatic rings. The van der Waals surface area contributed by atoms with Crippen LogP contribution >= 0.6 is 15.9 Å². The third-order valence-corrected chi connectivity index (χ3v) is 6.51. The maximum atomic E-state index is 13.1. The van der Waals surface area contributed by atoms with Crippen molar-refractivity contribution in [3.05, 3.63) is 62.1 Å². The summed E-state index contributed by atoms with van der Waals surface area (Å²) in [5.41, 5.74) is 0.587. The summed E-state index contributed by atoms with van der Waals surface area (Å²) in [6.07, 6.45) is 0. The van der Waals surface area contributed by atoms with Gasteiger partial charge in [-0.05, 0) is 46.7 Å². The number of para-hydroxylation sites is 1. The van der Waals surface area contributed by atoms with E-state index in [2.05, 4.69) is 21.2 Å². The third-order valence-electron chi connectivity index (χ3n) is 5.93. The monoisotopic (exact) mass is 461 g/mol. The van der Waals surface area contributed by atoms with E-state index in [0.717, 1.165) is 0 Å². The lowest BCUT2D eigenvalue weighted by Crippen LogP contribution is -2.54. The number of likely N-dealkylation sites (tertiary alicyclic amines) is 1. The summed E-state index contributed by atoms with van der Waals surface area (Å²) < 4.78 is 11.4. The van der Waals surface area contributed by atoms with E-state index in [0.29, 0.717) is 39.3 Å². The summed E-state index contributed by atoms with van der Waals surface area (Å²) in [6, 6.07) is 9.54. The van der Waals surface area contributed by atoms with Crippen LogP contribution in [0.15, 0.2) is 40.9 Å². The Labute approximate surface area is 176 Å². The number of nitro groups is 1. The number of nitrogens with one attached hydrogen (secondary N) is 1. The molecule has 0 saturated carbocycles. The number of methoxy groups -OCH3 is 2. The van der Waals surface area contributed by atoms with E-state index in [1.54, 1.807) is 48.3 Å². The Morgan fingerprint density at radius 3 is 2.66 bits per heavy atom. The number of benzene rings is 2. The molecule has 8 nitrogen and oxygen atoms in total. The first-order valence-electron chi connectivity index (χ1n) is 9.03. The number of fused-ring (bicyclic) bond motifs is 2. The molecule has 4 rings (SSSR count). The molecule has 2 aromatic rings. The molecule has 1 spiro atoms. The van der Waals surface area contributed by atoms with Gasteiger partial charge >= 0.3 is 0 Å². The number of halogens is 1. The maximum absolute atomic E-state index is 13.1. The zero-order valence-electron chi connectivity index (χ0n) is 16.1. The average Bonchev–Trinajstić information content (AvgIpc) is 3.17. The summed E-state index contributed by atoms with van der Waals surface area (Å²) in [5.74, 6) is 0.0886. The SMILES string of the molecule is COc1cc([C@@H]2CN(C)[C@@]3(C(=O)Nc4ccccc43)[C@H]2[N+](=O)[O-])cc(Br)c1OC. The van der Waals surface area contributed by atoms with Crippen LogP contribution in [0.5, 0.6) is 11.5 Å². The van der Waals surface area contributed by atoms with Gasteiger partial charge in [-0.3, -0.25) is 19.8 Å². The second-order valence-corrected chi connectivity index (χ2v) is 8.08. The number of carbonyl (C=O) groups is 1. The van der Waals surface area contributed by atoms with Gasteiger partial charge in [0, 0.05) is 22.7 Å². The van der Waals surface area contributed by atoms with E-state index in [-0.39, 0.29) is 10.8 Å². The highest BCUT2D eigenvalue weighted by Gasteiger charge is 2.68. The molecular formula is C20H20BrN3O5. The summed E-state index contributed by atoms with van der Waals surface area (Å²) in [4.78, 5) is 26.9. The second kappa shape index (κ2) is 7.00. The van der Waals surface area contributed by atoms with Crippen molar-refractivity contribution in [1.29, 1.82) is 0 Å². The van der Waals surface area contributed by atoms with E-state index in [1.165, 1.54) is 14.2 Å². The van der Waals surface area contributed by atoms with Crippen molar-refractivity contribution in [2.75, 3.05) is 33.1 Å². The molecular weight excluding hydrogens is 442 g/mol. The van der Waals surface area contributed by atoms with Crippen molar-refractivity contribution in [3.63, 3.8) is 0 Å². The van der Waals surface area contributed by atoms with Crippen LogP contribution in [0.4, 0.5) is 5.69 Å². The predicted molar refractivity (Wildman–Crippen MR) is 110 cm³/mol. The average molecular weight is 462 g/mol. The number of likely N-dealkylation sites (N-methyl/N-ethyl adjacent to an activating group) is 1. The van der Waals surface area contributed by atoms with Gasteiger partial charge in [-0.2, -0.15) is 0 Å². The van der Waals surface area contributed by atoms with E-state index < -0.39 is 17.5 Å². The van der Waals surface area contributed by atoms with Crippen molar-refractivity contribution < 1.29 is 19.2 Å². The number of amides is 1. The van der Waals surface area contributed by atoms with Gasteiger partial charge < -0.3 is 14.8 Å². The van der Waals surface area contributed by atoms with Crippen LogP contribution in [-0.2, 0) is 10.3 Å². The zero-order valence-corrected chi connectivity index (χ0v) is 17.7. The summed E-state index contributed by atoms with van der Waals surface area (Å²) in [5, 5.41) is 15.2. The topological polar surface area (TPSA) is 93.9 Å². The Morgan fingerprint density at radius 1 is 1.28 bits per heavy atom. The lowest BCUT2D eigenvalue weighted by atomic mass is 9.79. The molecule has 3 atom stereocenters. The number of nitrogens with zero attached hydrogens (tertiary/aromatic N) is 2. The van der Waals surface area contributed by atoms with Crippen molar-refractivity contribution in [3.8, 4) is 11.5 Å². The van der Waals surface area contributed by atoms with Crippen LogP contribution in [0, 0.1) is 10.1 Å². The van der Waals surface area contributed by atoms with Crippen molar-refractivity contribution >= 4 is 27.5 Å². The molecule has 1 amide bonds. The number of hydrogen-bond donors (Lipinski definition) is 1. The number of ether oxygens (including phenoxy) is 2. The molecule has 2 aromatic carbocycles. The second-order valence-electron chi connectivity index (χ2n) is 7.22. The van der Waals surface area contributed by atoms with Gasteiger partial charge in [0.25, 0.3) is 11.9 Å². The Bertz CT molecular complexity index is 1010. The molecule has 1 N–H and O–H groups in total. The summed E-state index contributed by atoms with van der Waals surface area (Å²) in [7, 11) is 4.80. The maximum Gasteiger partial charge on any atom is 0.256 e. The highest BCUT2D eigenvalue weighted by molar-refractivity contribution is 9.10. The van der Waals surface area contributed by atoms with Crippen molar-refractivity contribution in [2.24, 2.45) is 0 Å². The standard InChI is InChI=1S/C20H20BrN3O5/c1-23-10-12(11-8-14(21)17(29-3)16(9-11)28-2)18(24(26)27)20(23)13-6-4-5-7-15(13)22-19(20)25/h4-9,12,18H,10H2,1-3H3,(H,22,25)/t12-,18-,20+/m0/s1. The van der Waals surface area contributed by atoms with Crippen LogP contribution in [-0.4, -0.2) is 49.6 Å². The fraction of sp³-hybridized carbons (Fsp3) is 0.350. The normalized spacial score (nSPS) is 25.7. The Hall–Kier alpha value is -2.65. The van der Waals surface area contributed by atoms with Gasteiger partial charge in [0.1, 0.15) is 0 Å². The molecule has 152 valence electrons. The molecule has 0 unspecified atom stereocenters. The minimum Gasteiger partial charge on any atom is -0.493 e. The lowest BCUT2D eigenvalue weighted by molar-refractivity contribution is -0.534. The van der Waals surface area contributed by atoms with Crippen molar-refractivity contribution in [1.82, 2.24) is 4.90 Å². The molecule has 0 aliphatic carbocycles. The lowest BCUT2D eigenvalue weighted by Gasteiger charge is -2.30. The number of carbonyl (C=O) groups excluding carboxylic acids is 1. The summed E-state index contributed by atoms with van der Waals surface area (Å²) >= 11 is 3.46. The smallest absolute Gasteiger partial charge is 0.256 e. The molecule has 9 heteroatoms. The zero-order chi connectivity index (χ0) is 20.9. The van der Waals surface area contributed by atoms with Gasteiger partial charge in [-0.25, -0.2) is 0 Å². The quantitative estimate of drug-likeness (QED) is 0.555.